The summed E-state index contributed by atoms with van der Waals surface area (Å²) in [4.78, 5) is 26.3. The molecule has 28 heavy (non-hydrogen) atoms. The van der Waals surface area contributed by atoms with Gasteiger partial charge in [0.25, 0.3) is 11.8 Å². The molecule has 9 heteroatoms. The topological polar surface area (TPSA) is 84.4 Å². The predicted octanol–water partition coefficient (Wildman–Crippen LogP) is 3.16. The lowest BCUT2D eigenvalue weighted by atomic mass is 10.1. The van der Waals surface area contributed by atoms with Crippen molar-refractivity contribution in [2.24, 2.45) is 0 Å². The van der Waals surface area contributed by atoms with Gasteiger partial charge in [-0.15, -0.1) is 5.10 Å². The number of hydrogen-bond donors (Lipinski definition) is 1. The van der Waals surface area contributed by atoms with Gasteiger partial charge in [0.05, 0.1) is 11.4 Å². The van der Waals surface area contributed by atoms with Crippen molar-refractivity contribution in [2.45, 2.75) is 0 Å². The fourth-order valence-corrected chi connectivity index (χ4v) is 3.26. The minimum absolute atomic E-state index is 0.0141. The van der Waals surface area contributed by atoms with Crippen LogP contribution in [0, 0.1) is 0 Å². The monoisotopic (exact) mass is 408 g/mol. The van der Waals surface area contributed by atoms with Crippen LogP contribution in [0.3, 0.4) is 0 Å². The Kier molecular flexibility index (Phi) is 4.92. The first-order valence-corrected chi connectivity index (χ1v) is 9.38. The summed E-state index contributed by atoms with van der Waals surface area (Å²) in [7, 11) is 0. The van der Waals surface area contributed by atoms with E-state index in [2.05, 4.69) is 14.9 Å². The number of carbonyl (C=O) groups excluding carboxylic acids is 2. The van der Waals surface area contributed by atoms with Crippen molar-refractivity contribution in [3.05, 3.63) is 71.2 Å². The second-order valence-corrected chi connectivity index (χ2v) is 6.69. The molecule has 2 aromatic carbocycles. The standard InChI is InChI=1S/C19H12N4O3S2/c24-17-16(10-12-11-28-22-21-12)18(25)23(19(27)20-17)13-6-8-15(9-7-13)26-14-4-2-1-3-5-14/h1-11H,(H,20,24,27)/b16-10+. The zero-order chi connectivity index (χ0) is 19.5. The number of carbonyl (C=O) groups is 2. The number of ether oxygens (including phenoxy) is 1. The van der Waals surface area contributed by atoms with Crippen molar-refractivity contribution in [3.8, 4) is 11.5 Å². The Balaban J connectivity index is 1.59. The van der Waals surface area contributed by atoms with Gasteiger partial charge in [-0.3, -0.25) is 19.8 Å². The Labute approximate surface area is 169 Å². The Morgan fingerprint density at radius 2 is 1.75 bits per heavy atom. The average Bonchev–Trinajstić information content (AvgIpc) is 3.20. The summed E-state index contributed by atoms with van der Waals surface area (Å²) in [6, 6.07) is 16.2. The molecule has 2 amide bonds. The molecule has 3 aromatic rings. The Hall–Kier alpha value is -3.43. The molecule has 4 rings (SSSR count). The van der Waals surface area contributed by atoms with Crippen molar-refractivity contribution in [3.63, 3.8) is 0 Å². The molecule has 1 aliphatic heterocycles. The van der Waals surface area contributed by atoms with E-state index in [4.69, 9.17) is 17.0 Å². The minimum Gasteiger partial charge on any atom is -0.457 e. The number of rotatable bonds is 4. The lowest BCUT2D eigenvalue weighted by molar-refractivity contribution is -0.122. The van der Waals surface area contributed by atoms with Gasteiger partial charge in [0, 0.05) is 5.38 Å². The Morgan fingerprint density at radius 1 is 1.04 bits per heavy atom. The summed E-state index contributed by atoms with van der Waals surface area (Å²) < 4.78 is 9.48. The minimum atomic E-state index is -0.566. The number of thiocarbonyl (C=S) groups is 1. The first-order valence-electron chi connectivity index (χ1n) is 8.13. The molecule has 0 unspecified atom stereocenters. The Bertz CT molecular complexity index is 1060. The molecule has 1 fully saturated rings. The zero-order valence-electron chi connectivity index (χ0n) is 14.2. The van der Waals surface area contributed by atoms with Crippen molar-refractivity contribution in [2.75, 3.05) is 4.90 Å². The molecular weight excluding hydrogens is 396 g/mol. The van der Waals surface area contributed by atoms with E-state index >= 15 is 0 Å². The number of benzene rings is 2. The molecule has 1 aromatic heterocycles. The van der Waals surface area contributed by atoms with E-state index in [1.807, 2.05) is 30.3 Å². The highest BCUT2D eigenvalue weighted by molar-refractivity contribution is 7.80. The molecule has 1 saturated heterocycles. The van der Waals surface area contributed by atoms with Crippen LogP contribution in [0.4, 0.5) is 5.69 Å². The highest BCUT2D eigenvalue weighted by Gasteiger charge is 2.34. The molecule has 0 saturated carbocycles. The van der Waals surface area contributed by atoms with Gasteiger partial charge in [0.1, 0.15) is 17.1 Å². The van der Waals surface area contributed by atoms with Crippen LogP contribution in [0.25, 0.3) is 6.08 Å². The molecule has 1 N–H and O–H groups in total. The number of hydrogen-bond acceptors (Lipinski definition) is 7. The molecular formula is C19H12N4O3S2. The molecule has 0 spiro atoms. The third kappa shape index (κ3) is 3.66. The van der Waals surface area contributed by atoms with Crippen LogP contribution in [0.2, 0.25) is 0 Å². The third-order valence-corrected chi connectivity index (χ3v) is 4.65. The van der Waals surface area contributed by atoms with Crippen LogP contribution in [0.1, 0.15) is 5.69 Å². The molecule has 0 aliphatic carbocycles. The highest BCUT2D eigenvalue weighted by atomic mass is 32.1. The van der Waals surface area contributed by atoms with E-state index < -0.39 is 11.8 Å². The highest BCUT2D eigenvalue weighted by Crippen LogP contribution is 2.26. The van der Waals surface area contributed by atoms with Crippen LogP contribution in [0.5, 0.6) is 11.5 Å². The third-order valence-electron chi connectivity index (χ3n) is 3.84. The summed E-state index contributed by atoms with van der Waals surface area (Å²) >= 11 is 6.32. The van der Waals surface area contributed by atoms with Crippen molar-refractivity contribution < 1.29 is 14.3 Å². The van der Waals surface area contributed by atoms with Crippen molar-refractivity contribution in [1.29, 1.82) is 0 Å². The van der Waals surface area contributed by atoms with Crippen molar-refractivity contribution >= 4 is 52.4 Å². The summed E-state index contributed by atoms with van der Waals surface area (Å²) in [5.74, 6) is 0.217. The van der Waals surface area contributed by atoms with E-state index in [1.165, 1.54) is 11.0 Å². The first kappa shape index (κ1) is 18.0. The Morgan fingerprint density at radius 3 is 2.43 bits per heavy atom. The van der Waals surface area contributed by atoms with Gasteiger partial charge in [-0.1, -0.05) is 22.7 Å². The average molecular weight is 408 g/mol. The van der Waals surface area contributed by atoms with E-state index in [9.17, 15) is 9.59 Å². The number of anilines is 1. The van der Waals surface area contributed by atoms with Crippen molar-refractivity contribution in [1.82, 2.24) is 14.9 Å². The smallest absolute Gasteiger partial charge is 0.270 e. The SMILES string of the molecule is O=C1NC(=S)N(c2ccc(Oc3ccccc3)cc2)C(=O)/C1=C/c1csnn1. The summed E-state index contributed by atoms with van der Waals surface area (Å²) in [5.41, 5.74) is 0.881. The van der Waals surface area contributed by atoms with E-state index in [1.54, 1.807) is 29.6 Å². The van der Waals surface area contributed by atoms with Crippen LogP contribution in [-0.2, 0) is 9.59 Å². The number of amides is 2. The molecule has 0 bridgehead atoms. The van der Waals surface area contributed by atoms with Gasteiger partial charge >= 0.3 is 0 Å². The molecule has 7 nitrogen and oxygen atoms in total. The van der Waals surface area contributed by atoms with Crippen LogP contribution < -0.4 is 15.0 Å². The quantitative estimate of drug-likeness (QED) is 0.406. The number of nitrogens with zero attached hydrogens (tertiary/aromatic N) is 3. The van der Waals surface area contributed by atoms with E-state index in [-0.39, 0.29) is 10.7 Å². The van der Waals surface area contributed by atoms with Crippen LogP contribution in [-0.4, -0.2) is 26.5 Å². The predicted molar refractivity (Wildman–Crippen MR) is 109 cm³/mol. The number of aromatic nitrogens is 2. The number of para-hydroxylation sites is 1. The second-order valence-electron chi connectivity index (χ2n) is 5.70. The fourth-order valence-electron chi connectivity index (χ4n) is 2.56. The summed E-state index contributed by atoms with van der Waals surface area (Å²) in [6.07, 6.45) is 1.39. The lowest BCUT2D eigenvalue weighted by Crippen LogP contribution is -2.54. The fraction of sp³-hybridized carbons (Fsp3) is 0. The molecule has 0 radical (unpaired) electrons. The van der Waals surface area contributed by atoms with Gasteiger partial charge in [-0.05, 0) is 66.2 Å². The van der Waals surface area contributed by atoms with Gasteiger partial charge < -0.3 is 4.74 Å². The second kappa shape index (κ2) is 7.67. The lowest BCUT2D eigenvalue weighted by Gasteiger charge is -2.28. The molecule has 2 heterocycles. The van der Waals surface area contributed by atoms with Gasteiger partial charge in [-0.2, -0.15) is 0 Å². The van der Waals surface area contributed by atoms with Crippen LogP contribution in [0.15, 0.2) is 65.6 Å². The summed E-state index contributed by atoms with van der Waals surface area (Å²) in [6.45, 7) is 0. The van der Waals surface area contributed by atoms with Gasteiger partial charge in [-0.25, -0.2) is 0 Å². The largest absolute Gasteiger partial charge is 0.457 e. The first-order chi connectivity index (χ1) is 13.6. The number of nitrogens with one attached hydrogen (secondary N) is 1. The molecule has 1 aliphatic rings. The zero-order valence-corrected chi connectivity index (χ0v) is 15.9. The van der Waals surface area contributed by atoms with Gasteiger partial charge in [0.2, 0.25) is 0 Å². The van der Waals surface area contributed by atoms with E-state index in [0.717, 1.165) is 11.5 Å². The maximum atomic E-state index is 12.9. The normalized spacial score (nSPS) is 15.6. The van der Waals surface area contributed by atoms with Crippen LogP contribution >= 0.6 is 23.8 Å². The molecule has 0 atom stereocenters. The maximum Gasteiger partial charge on any atom is 0.270 e. The molecule has 138 valence electrons. The summed E-state index contributed by atoms with van der Waals surface area (Å²) in [5, 5.41) is 8.02. The maximum absolute atomic E-state index is 12.9. The van der Waals surface area contributed by atoms with Gasteiger partial charge in [0.15, 0.2) is 5.11 Å². The van der Waals surface area contributed by atoms with E-state index in [0.29, 0.717) is 22.9 Å².